The van der Waals surface area contributed by atoms with Crippen LogP contribution in [-0.4, -0.2) is 54.5 Å². The van der Waals surface area contributed by atoms with Gasteiger partial charge in [0.1, 0.15) is 18.1 Å². The van der Waals surface area contributed by atoms with E-state index < -0.39 is 30.1 Å². The Bertz CT molecular complexity index is 1200. The molecule has 2 amide bonds. The summed E-state index contributed by atoms with van der Waals surface area (Å²) in [5.41, 5.74) is -0.703. The molecule has 1 saturated heterocycles. The number of carbonyl (C=O) groups is 2. The summed E-state index contributed by atoms with van der Waals surface area (Å²) in [6, 6.07) is 7.82. The van der Waals surface area contributed by atoms with Crippen LogP contribution >= 0.6 is 23.2 Å². The Hall–Kier alpha value is -2.62. The Labute approximate surface area is 210 Å². The van der Waals surface area contributed by atoms with Crippen LogP contribution in [0.15, 0.2) is 41.4 Å². The van der Waals surface area contributed by atoms with Crippen molar-refractivity contribution in [1.29, 1.82) is 0 Å². The van der Waals surface area contributed by atoms with Gasteiger partial charge in [0.2, 0.25) is 0 Å². The van der Waals surface area contributed by atoms with E-state index in [-0.39, 0.29) is 40.3 Å². The second-order valence-corrected chi connectivity index (χ2v) is 9.44. The van der Waals surface area contributed by atoms with Crippen molar-refractivity contribution in [3.8, 4) is 0 Å². The maximum absolute atomic E-state index is 14.3. The van der Waals surface area contributed by atoms with Gasteiger partial charge in [-0.2, -0.15) is 13.2 Å². The van der Waals surface area contributed by atoms with Crippen molar-refractivity contribution < 1.29 is 27.6 Å². The second kappa shape index (κ2) is 9.44. The lowest BCUT2D eigenvalue weighted by Crippen LogP contribution is -2.43. The average Bonchev–Trinajstić information content (AvgIpc) is 3.38. The molecule has 1 N–H and O–H groups in total. The average molecular weight is 528 g/mol. The van der Waals surface area contributed by atoms with Crippen molar-refractivity contribution in [1.82, 2.24) is 10.4 Å². The normalized spacial score (nSPS) is 22.5. The van der Waals surface area contributed by atoms with Crippen LogP contribution in [0.1, 0.15) is 40.4 Å². The monoisotopic (exact) mass is 527 g/mol. The predicted molar refractivity (Wildman–Crippen MR) is 126 cm³/mol. The van der Waals surface area contributed by atoms with Gasteiger partial charge in [-0.05, 0) is 60.9 Å². The summed E-state index contributed by atoms with van der Waals surface area (Å²) < 4.78 is 43.0. The van der Waals surface area contributed by atoms with E-state index in [4.69, 9.17) is 28.0 Å². The first kappa shape index (κ1) is 25.5. The largest absolute Gasteiger partial charge is 0.400 e. The molecular weight excluding hydrogens is 506 g/mol. The van der Waals surface area contributed by atoms with Gasteiger partial charge < -0.3 is 5.32 Å². The molecule has 2 aliphatic rings. The number of halogens is 5. The molecule has 186 valence electrons. The fourth-order valence-corrected chi connectivity index (χ4v) is 4.88. The summed E-state index contributed by atoms with van der Waals surface area (Å²) in [5, 5.41) is 4.05. The van der Waals surface area contributed by atoms with Gasteiger partial charge in [-0.1, -0.05) is 29.3 Å². The number of nitrogens with one attached hydrogen (secondary N) is 1. The molecule has 0 bridgehead atoms. The Kier molecular flexibility index (Phi) is 6.87. The quantitative estimate of drug-likeness (QED) is 0.601. The Morgan fingerprint density at radius 3 is 2.49 bits per heavy atom. The number of alkyl halides is 3. The zero-order chi connectivity index (χ0) is 25.5. The third-order valence-corrected chi connectivity index (χ3v) is 6.74. The number of rotatable bonds is 5. The molecule has 0 radical (unpaired) electrons. The lowest BCUT2D eigenvalue weighted by molar-refractivity contribution is -0.183. The molecule has 0 aliphatic carbocycles. The lowest BCUT2D eigenvalue weighted by atomic mass is 9.76. The van der Waals surface area contributed by atoms with Gasteiger partial charge in [0, 0.05) is 34.3 Å². The van der Waals surface area contributed by atoms with Crippen LogP contribution < -0.4 is 5.32 Å². The fourth-order valence-electron chi connectivity index (χ4n) is 4.36. The zero-order valence-corrected chi connectivity index (χ0v) is 20.4. The first-order chi connectivity index (χ1) is 16.4. The highest BCUT2D eigenvalue weighted by Crippen LogP contribution is 2.48. The Balaban J connectivity index is 1.56. The highest BCUT2D eigenvalue weighted by molar-refractivity contribution is 6.34. The van der Waals surface area contributed by atoms with Gasteiger partial charge in [-0.3, -0.25) is 19.4 Å². The standard InChI is InChI=1S/C24H22Cl2F3N3O3/c1-3-32-22(34)20(11-35-32)31-21(33)18-5-4-14(6-13(18)2)19-10-23(12-30-19,24(27,28)29)15-7-16(25)9-17(26)8-15/h4-9,20H,3,10-12H2,1-2H3,(H,31,33)/t20-,23+/m1/s1. The smallest absolute Gasteiger partial charge is 0.338 e. The number of benzene rings is 2. The summed E-state index contributed by atoms with van der Waals surface area (Å²) in [6.45, 7) is 3.33. The minimum Gasteiger partial charge on any atom is -0.338 e. The lowest BCUT2D eigenvalue weighted by Gasteiger charge is -2.31. The molecule has 4 rings (SSSR count). The van der Waals surface area contributed by atoms with Crippen LogP contribution in [-0.2, 0) is 15.0 Å². The van der Waals surface area contributed by atoms with Gasteiger partial charge in [0.05, 0.1) is 6.54 Å². The highest BCUT2D eigenvalue weighted by Gasteiger charge is 2.58. The van der Waals surface area contributed by atoms with Crippen LogP contribution in [0.25, 0.3) is 0 Å². The highest BCUT2D eigenvalue weighted by atomic mass is 35.5. The molecule has 2 aliphatic heterocycles. The first-order valence-corrected chi connectivity index (χ1v) is 11.6. The van der Waals surface area contributed by atoms with Gasteiger partial charge in [-0.15, -0.1) is 0 Å². The SMILES string of the molecule is CCN1OC[C@@H](NC(=O)c2ccc(C3=NC[C@@](c4cc(Cl)cc(Cl)c4)(C(F)(F)F)C3)cc2C)C1=O. The third kappa shape index (κ3) is 4.77. The van der Waals surface area contributed by atoms with Crippen LogP contribution in [0, 0.1) is 6.92 Å². The van der Waals surface area contributed by atoms with E-state index in [0.29, 0.717) is 23.2 Å². The van der Waals surface area contributed by atoms with Crippen molar-refractivity contribution in [2.45, 2.75) is 37.9 Å². The van der Waals surface area contributed by atoms with E-state index in [9.17, 15) is 22.8 Å². The molecule has 0 aromatic heterocycles. The number of aryl methyl sites for hydroxylation is 1. The maximum Gasteiger partial charge on any atom is 0.400 e. The maximum atomic E-state index is 14.3. The third-order valence-electron chi connectivity index (χ3n) is 6.30. The minimum atomic E-state index is -4.59. The predicted octanol–water partition coefficient (Wildman–Crippen LogP) is 4.89. The molecule has 2 atom stereocenters. The molecular formula is C24H22Cl2F3N3O3. The number of hydroxylamine groups is 2. The first-order valence-electron chi connectivity index (χ1n) is 10.9. The molecule has 35 heavy (non-hydrogen) atoms. The molecule has 6 nitrogen and oxygen atoms in total. The van der Waals surface area contributed by atoms with Gasteiger partial charge in [0.25, 0.3) is 11.8 Å². The van der Waals surface area contributed by atoms with Crippen molar-refractivity contribution in [2.75, 3.05) is 19.7 Å². The van der Waals surface area contributed by atoms with Gasteiger partial charge in [0.15, 0.2) is 0 Å². The molecule has 11 heteroatoms. The number of amides is 2. The number of likely N-dealkylation sites (N-methyl/N-ethyl adjacent to an activating group) is 1. The van der Waals surface area contributed by atoms with Crippen molar-refractivity contribution in [3.05, 3.63) is 68.7 Å². The van der Waals surface area contributed by atoms with Crippen LogP contribution in [0.2, 0.25) is 10.0 Å². The molecule has 0 saturated carbocycles. The summed E-state index contributed by atoms with van der Waals surface area (Å²) in [4.78, 5) is 34.4. The van der Waals surface area contributed by atoms with Gasteiger partial charge in [-0.25, -0.2) is 5.06 Å². The minimum absolute atomic E-state index is 0.0411. The number of carbonyl (C=O) groups excluding carboxylic acids is 2. The summed E-state index contributed by atoms with van der Waals surface area (Å²) in [6.07, 6.45) is -4.98. The van der Waals surface area contributed by atoms with Gasteiger partial charge >= 0.3 is 6.18 Å². The zero-order valence-electron chi connectivity index (χ0n) is 18.9. The van der Waals surface area contributed by atoms with Crippen LogP contribution in [0.4, 0.5) is 13.2 Å². The molecule has 0 spiro atoms. The van der Waals surface area contributed by atoms with E-state index in [1.54, 1.807) is 26.0 Å². The van der Waals surface area contributed by atoms with Crippen LogP contribution in [0.5, 0.6) is 0 Å². The van der Waals surface area contributed by atoms with E-state index in [0.717, 1.165) is 0 Å². The van der Waals surface area contributed by atoms with Crippen LogP contribution in [0.3, 0.4) is 0 Å². The number of aliphatic imine (C=N–C) groups is 1. The Morgan fingerprint density at radius 2 is 1.91 bits per heavy atom. The van der Waals surface area contributed by atoms with E-state index >= 15 is 0 Å². The van der Waals surface area contributed by atoms with E-state index in [2.05, 4.69) is 10.3 Å². The molecule has 2 aromatic carbocycles. The summed E-state index contributed by atoms with van der Waals surface area (Å²) in [7, 11) is 0. The number of nitrogens with zero attached hydrogens (tertiary/aromatic N) is 2. The Morgan fingerprint density at radius 1 is 1.23 bits per heavy atom. The molecule has 2 aromatic rings. The van der Waals surface area contributed by atoms with E-state index in [1.807, 2.05) is 0 Å². The summed E-state index contributed by atoms with van der Waals surface area (Å²) in [5.74, 6) is -0.805. The summed E-state index contributed by atoms with van der Waals surface area (Å²) >= 11 is 12.0. The van der Waals surface area contributed by atoms with E-state index in [1.165, 1.54) is 29.3 Å². The van der Waals surface area contributed by atoms with Crippen molar-refractivity contribution >= 4 is 40.7 Å². The van der Waals surface area contributed by atoms with Crippen molar-refractivity contribution in [3.63, 3.8) is 0 Å². The van der Waals surface area contributed by atoms with Crippen molar-refractivity contribution in [2.24, 2.45) is 4.99 Å². The number of hydrogen-bond donors (Lipinski definition) is 1. The fraction of sp³-hybridized carbons (Fsp3) is 0.375. The molecule has 0 unspecified atom stereocenters. The molecule has 1 fully saturated rings. The molecule has 2 heterocycles. The second-order valence-electron chi connectivity index (χ2n) is 8.56. The number of hydrogen-bond acceptors (Lipinski definition) is 4. The topological polar surface area (TPSA) is 71.0 Å².